The van der Waals surface area contributed by atoms with Crippen molar-refractivity contribution in [1.29, 1.82) is 0 Å². The van der Waals surface area contributed by atoms with E-state index in [1.165, 1.54) is 11.1 Å². The van der Waals surface area contributed by atoms with Gasteiger partial charge in [0.2, 0.25) is 0 Å². The first-order valence-electron chi connectivity index (χ1n) is 6.64. The van der Waals surface area contributed by atoms with E-state index in [4.69, 9.17) is 10.5 Å². The van der Waals surface area contributed by atoms with E-state index >= 15 is 0 Å². The van der Waals surface area contributed by atoms with Crippen LogP contribution in [0.15, 0.2) is 40.9 Å². The Kier molecular flexibility index (Phi) is 3.57. The molecule has 2 aromatic carbocycles. The molecule has 0 aliphatic carbocycles. The molecule has 104 valence electrons. The fourth-order valence-electron chi connectivity index (χ4n) is 2.57. The Labute approximate surface area is 127 Å². The first-order chi connectivity index (χ1) is 9.63. The van der Waals surface area contributed by atoms with Crippen molar-refractivity contribution in [3.63, 3.8) is 0 Å². The summed E-state index contributed by atoms with van der Waals surface area (Å²) < 4.78 is 6.54. The number of halogens is 1. The highest BCUT2D eigenvalue weighted by Gasteiger charge is 2.13. The minimum Gasteiger partial charge on any atom is -0.493 e. The van der Waals surface area contributed by atoms with Gasteiger partial charge in [0, 0.05) is 24.5 Å². The van der Waals surface area contributed by atoms with Gasteiger partial charge in [0.05, 0.1) is 18.0 Å². The minimum absolute atomic E-state index is 0.784. The molecular formula is C16H17BrN2O. The lowest BCUT2D eigenvalue weighted by Crippen LogP contribution is -2.17. The third kappa shape index (κ3) is 2.61. The van der Waals surface area contributed by atoms with Gasteiger partial charge in [-0.1, -0.05) is 28.1 Å². The lowest BCUT2D eigenvalue weighted by atomic mass is 10.1. The van der Waals surface area contributed by atoms with Gasteiger partial charge in [-0.05, 0) is 35.4 Å². The molecule has 0 spiro atoms. The average Bonchev–Trinajstić information content (AvgIpc) is 2.85. The second kappa shape index (κ2) is 5.37. The normalized spacial score (nSPS) is 12.9. The molecule has 0 saturated heterocycles. The molecule has 0 radical (unpaired) electrons. The van der Waals surface area contributed by atoms with E-state index in [-0.39, 0.29) is 0 Å². The molecule has 2 aromatic rings. The Morgan fingerprint density at radius 1 is 1.25 bits per heavy atom. The third-order valence-electron chi connectivity index (χ3n) is 3.57. The van der Waals surface area contributed by atoms with Crippen molar-refractivity contribution in [1.82, 2.24) is 0 Å². The van der Waals surface area contributed by atoms with Gasteiger partial charge in [-0.2, -0.15) is 0 Å². The molecule has 1 aliphatic heterocycles. The lowest BCUT2D eigenvalue weighted by molar-refractivity contribution is 0.357. The summed E-state index contributed by atoms with van der Waals surface area (Å²) in [5.74, 6) is 1.03. The Hall–Kier alpha value is -1.68. The monoisotopic (exact) mass is 332 g/mol. The van der Waals surface area contributed by atoms with E-state index in [0.717, 1.165) is 41.2 Å². The van der Waals surface area contributed by atoms with E-state index in [1.807, 2.05) is 18.2 Å². The van der Waals surface area contributed by atoms with Gasteiger partial charge in [0.1, 0.15) is 5.75 Å². The van der Waals surface area contributed by atoms with Crippen molar-refractivity contribution in [3.05, 3.63) is 52.0 Å². The van der Waals surface area contributed by atoms with Crippen molar-refractivity contribution < 1.29 is 4.74 Å². The number of benzene rings is 2. The van der Waals surface area contributed by atoms with Crippen LogP contribution < -0.4 is 15.4 Å². The Morgan fingerprint density at radius 2 is 2.10 bits per heavy atom. The molecule has 4 heteroatoms. The average molecular weight is 333 g/mol. The van der Waals surface area contributed by atoms with Crippen molar-refractivity contribution in [2.75, 3.05) is 24.3 Å². The summed E-state index contributed by atoms with van der Waals surface area (Å²) in [4.78, 5) is 2.17. The molecule has 0 unspecified atom stereocenters. The van der Waals surface area contributed by atoms with E-state index < -0.39 is 0 Å². The second-order valence-corrected chi connectivity index (χ2v) is 6.02. The van der Waals surface area contributed by atoms with E-state index in [9.17, 15) is 0 Å². The summed E-state index contributed by atoms with van der Waals surface area (Å²) in [7, 11) is 2.06. The molecule has 20 heavy (non-hydrogen) atoms. The molecule has 2 N–H and O–H groups in total. The van der Waals surface area contributed by atoms with Gasteiger partial charge >= 0.3 is 0 Å². The van der Waals surface area contributed by atoms with E-state index in [0.29, 0.717) is 0 Å². The van der Waals surface area contributed by atoms with Gasteiger partial charge in [-0.3, -0.25) is 0 Å². The van der Waals surface area contributed by atoms with Crippen LogP contribution in [0.5, 0.6) is 5.75 Å². The molecule has 0 saturated carbocycles. The fraction of sp³-hybridized carbons (Fsp3) is 0.250. The van der Waals surface area contributed by atoms with Crippen LogP contribution in [0, 0.1) is 0 Å². The molecule has 0 fully saturated rings. The summed E-state index contributed by atoms with van der Waals surface area (Å²) in [6, 6.07) is 12.4. The topological polar surface area (TPSA) is 38.5 Å². The van der Waals surface area contributed by atoms with Crippen LogP contribution in [0.2, 0.25) is 0 Å². The zero-order valence-electron chi connectivity index (χ0n) is 11.4. The van der Waals surface area contributed by atoms with Crippen molar-refractivity contribution >= 4 is 27.3 Å². The molecule has 3 nitrogen and oxygen atoms in total. The smallest absolute Gasteiger partial charge is 0.122 e. The first kappa shape index (κ1) is 13.3. The number of fused-ring (bicyclic) bond motifs is 1. The van der Waals surface area contributed by atoms with E-state index in [2.05, 4.69) is 46.1 Å². The van der Waals surface area contributed by atoms with Gasteiger partial charge in [0.25, 0.3) is 0 Å². The summed E-state index contributed by atoms with van der Waals surface area (Å²) in [5.41, 5.74) is 10.5. The van der Waals surface area contributed by atoms with Crippen LogP contribution in [0.4, 0.5) is 11.4 Å². The Bertz CT molecular complexity index is 642. The number of hydrogen-bond acceptors (Lipinski definition) is 3. The van der Waals surface area contributed by atoms with Gasteiger partial charge in [0.15, 0.2) is 0 Å². The highest BCUT2D eigenvalue weighted by Crippen LogP contribution is 2.29. The molecular weight excluding hydrogens is 316 g/mol. The highest BCUT2D eigenvalue weighted by molar-refractivity contribution is 9.10. The summed E-state index contributed by atoms with van der Waals surface area (Å²) in [5, 5.41) is 0. The van der Waals surface area contributed by atoms with Crippen molar-refractivity contribution in [2.45, 2.75) is 13.0 Å². The molecule has 0 atom stereocenters. The maximum Gasteiger partial charge on any atom is 0.122 e. The first-order valence-corrected chi connectivity index (χ1v) is 7.43. The van der Waals surface area contributed by atoms with Crippen LogP contribution in [0.3, 0.4) is 0 Å². The molecule has 3 rings (SSSR count). The maximum atomic E-state index is 6.07. The van der Waals surface area contributed by atoms with Crippen LogP contribution >= 0.6 is 15.9 Å². The minimum atomic E-state index is 0.784. The number of nitrogens with zero attached hydrogens (tertiary/aromatic N) is 1. The largest absolute Gasteiger partial charge is 0.493 e. The predicted octanol–water partition coefficient (Wildman–Crippen LogP) is 3.60. The molecule has 0 bridgehead atoms. The van der Waals surface area contributed by atoms with Crippen LogP contribution in [-0.2, 0) is 13.0 Å². The standard InChI is InChI=1S/C16H17BrN2O/c1-19(15-4-3-13(17)9-14(15)18)10-11-2-5-16-12(8-11)6-7-20-16/h2-5,8-9H,6-7,10,18H2,1H3. The number of hydrogen-bond donors (Lipinski definition) is 1. The predicted molar refractivity (Wildman–Crippen MR) is 86.3 cm³/mol. The second-order valence-electron chi connectivity index (χ2n) is 5.10. The Balaban J connectivity index is 1.80. The zero-order valence-corrected chi connectivity index (χ0v) is 13.0. The summed E-state index contributed by atoms with van der Waals surface area (Å²) in [6.07, 6.45) is 1.01. The van der Waals surface area contributed by atoms with Crippen LogP contribution in [0.25, 0.3) is 0 Å². The maximum absolute atomic E-state index is 6.07. The van der Waals surface area contributed by atoms with Crippen LogP contribution in [-0.4, -0.2) is 13.7 Å². The molecule has 0 aromatic heterocycles. The molecule has 1 aliphatic rings. The fourth-order valence-corrected chi connectivity index (χ4v) is 2.95. The van der Waals surface area contributed by atoms with Crippen molar-refractivity contribution in [3.8, 4) is 5.75 Å². The summed E-state index contributed by atoms with van der Waals surface area (Å²) >= 11 is 3.43. The van der Waals surface area contributed by atoms with Gasteiger partial charge in [-0.15, -0.1) is 0 Å². The van der Waals surface area contributed by atoms with Crippen LogP contribution in [0.1, 0.15) is 11.1 Å². The van der Waals surface area contributed by atoms with Gasteiger partial charge in [-0.25, -0.2) is 0 Å². The van der Waals surface area contributed by atoms with E-state index in [1.54, 1.807) is 0 Å². The SMILES string of the molecule is CN(Cc1ccc2c(c1)CCO2)c1ccc(Br)cc1N. The third-order valence-corrected chi connectivity index (χ3v) is 4.07. The lowest BCUT2D eigenvalue weighted by Gasteiger charge is -2.21. The number of ether oxygens (including phenoxy) is 1. The zero-order chi connectivity index (χ0) is 14.1. The number of nitrogen functional groups attached to an aromatic ring is 1. The van der Waals surface area contributed by atoms with Crippen molar-refractivity contribution in [2.24, 2.45) is 0 Å². The highest BCUT2D eigenvalue weighted by atomic mass is 79.9. The molecule has 0 amide bonds. The number of anilines is 2. The summed E-state index contributed by atoms with van der Waals surface area (Å²) in [6.45, 7) is 1.63. The molecule has 1 heterocycles. The number of nitrogens with two attached hydrogens (primary N) is 1. The number of rotatable bonds is 3. The van der Waals surface area contributed by atoms with Gasteiger partial charge < -0.3 is 15.4 Å². The Morgan fingerprint density at radius 3 is 2.90 bits per heavy atom. The quantitative estimate of drug-likeness (QED) is 0.872.